The van der Waals surface area contributed by atoms with Crippen LogP contribution >= 0.6 is 0 Å². The topological polar surface area (TPSA) is 45.2 Å². The Balaban J connectivity index is 1.69. The number of anilines is 1. The fourth-order valence-electron chi connectivity index (χ4n) is 4.02. The Labute approximate surface area is 168 Å². The van der Waals surface area contributed by atoms with Crippen LogP contribution in [0, 0.1) is 5.92 Å². The van der Waals surface area contributed by atoms with E-state index in [1.807, 2.05) is 42.5 Å². The zero-order chi connectivity index (χ0) is 20.6. The number of carbonyl (C=O) groups is 1. The quantitative estimate of drug-likeness (QED) is 0.723. The first-order valence-corrected chi connectivity index (χ1v) is 9.83. The fourth-order valence-corrected chi connectivity index (χ4v) is 4.02. The predicted molar refractivity (Wildman–Crippen MR) is 114 cm³/mol. The van der Waals surface area contributed by atoms with E-state index in [0.717, 1.165) is 22.8 Å². The van der Waals surface area contributed by atoms with Crippen LogP contribution in [0.3, 0.4) is 0 Å². The molecular formula is C24H27N3O. The number of hydrogen-bond acceptors (Lipinski definition) is 3. The third-order valence-electron chi connectivity index (χ3n) is 5.66. The molecule has 1 aliphatic heterocycles. The second kappa shape index (κ2) is 7.36. The number of para-hydroxylation sites is 1. The molecule has 4 nitrogen and oxygen atoms in total. The molecule has 0 bridgehead atoms. The largest absolute Gasteiger partial charge is 0.324 e. The van der Waals surface area contributed by atoms with E-state index >= 15 is 0 Å². The molecule has 4 heteroatoms. The normalized spacial score (nSPS) is 20.9. The van der Waals surface area contributed by atoms with Crippen molar-refractivity contribution in [2.24, 2.45) is 5.92 Å². The highest BCUT2D eigenvalue weighted by Crippen LogP contribution is 2.37. The molecule has 3 aromatic rings. The molecule has 1 aromatic heterocycles. The van der Waals surface area contributed by atoms with Crippen molar-refractivity contribution in [3.8, 4) is 0 Å². The average Bonchev–Trinajstić information content (AvgIpc) is 3.19. The van der Waals surface area contributed by atoms with E-state index in [1.165, 1.54) is 0 Å². The van der Waals surface area contributed by atoms with Gasteiger partial charge in [0, 0.05) is 36.1 Å². The Morgan fingerprint density at radius 3 is 2.57 bits per heavy atom. The number of carbonyl (C=O) groups excluding carboxylic acids is 1. The number of aromatic nitrogens is 1. The molecule has 0 aliphatic carbocycles. The van der Waals surface area contributed by atoms with Crippen LogP contribution in [-0.2, 0) is 4.79 Å². The molecule has 1 amide bonds. The van der Waals surface area contributed by atoms with Crippen molar-refractivity contribution in [1.29, 1.82) is 0 Å². The number of benzene rings is 2. The lowest BCUT2D eigenvalue weighted by Gasteiger charge is -2.31. The first-order valence-electron chi connectivity index (χ1n) is 10.3. The van der Waals surface area contributed by atoms with Crippen molar-refractivity contribution >= 4 is 22.5 Å². The predicted octanol–water partition coefficient (Wildman–Crippen LogP) is 4.69. The number of rotatable bonds is 3. The summed E-state index contributed by atoms with van der Waals surface area (Å²) in [5.74, 6) is -0.379. The molecule has 1 aliphatic rings. The van der Waals surface area contributed by atoms with E-state index in [2.05, 4.69) is 42.8 Å². The molecule has 1 saturated heterocycles. The molecule has 2 atom stereocenters. The van der Waals surface area contributed by atoms with Crippen molar-refractivity contribution in [2.45, 2.75) is 32.2 Å². The summed E-state index contributed by atoms with van der Waals surface area (Å²) < 4.78 is 8.67. The lowest BCUT2D eigenvalue weighted by molar-refractivity contribution is -0.120. The highest BCUT2D eigenvalue weighted by atomic mass is 16.2. The summed E-state index contributed by atoms with van der Waals surface area (Å²) in [7, 11) is 0. The van der Waals surface area contributed by atoms with Crippen molar-refractivity contribution in [3.05, 3.63) is 72.4 Å². The van der Waals surface area contributed by atoms with Gasteiger partial charge >= 0.3 is 0 Å². The van der Waals surface area contributed by atoms with Gasteiger partial charge in [-0.25, -0.2) is 0 Å². The Bertz CT molecular complexity index is 1010. The molecule has 0 unspecified atom stereocenters. The van der Waals surface area contributed by atoms with E-state index in [9.17, 15) is 4.79 Å². The van der Waals surface area contributed by atoms with Crippen molar-refractivity contribution < 1.29 is 6.21 Å². The van der Waals surface area contributed by atoms with Gasteiger partial charge in [-0.05, 0) is 38.5 Å². The third-order valence-corrected chi connectivity index (χ3v) is 5.66. The summed E-state index contributed by atoms with van der Waals surface area (Å²) in [4.78, 5) is 20.3. The number of fused-ring (bicyclic) bond motifs is 1. The van der Waals surface area contributed by atoms with Crippen LogP contribution in [0.2, 0.25) is 1.41 Å². The number of nitrogens with zero attached hydrogens (tertiary/aromatic N) is 2. The number of pyridine rings is 1. The lowest BCUT2D eigenvalue weighted by Crippen LogP contribution is -2.40. The van der Waals surface area contributed by atoms with Crippen molar-refractivity contribution in [3.63, 3.8) is 0 Å². The highest BCUT2D eigenvalue weighted by Gasteiger charge is 2.42. The minimum absolute atomic E-state index is 0.0318. The zero-order valence-electron chi connectivity index (χ0n) is 17.7. The summed E-state index contributed by atoms with van der Waals surface area (Å²) in [6, 6.07) is 19.7. The fraction of sp³-hybridized carbons (Fsp3) is 0.333. The lowest BCUT2D eigenvalue weighted by atomic mass is 9.88. The van der Waals surface area contributed by atoms with Crippen LogP contribution in [0.1, 0.15) is 32.3 Å². The second-order valence-corrected chi connectivity index (χ2v) is 8.50. The summed E-state index contributed by atoms with van der Waals surface area (Å²) >= 11 is 0. The second-order valence-electron chi connectivity index (χ2n) is 8.50. The van der Waals surface area contributed by atoms with E-state index in [0.29, 0.717) is 17.7 Å². The van der Waals surface area contributed by atoms with Crippen LogP contribution in [0.4, 0.5) is 5.69 Å². The summed E-state index contributed by atoms with van der Waals surface area (Å²) in [5, 5.41) is 1.99. The molecule has 2 heterocycles. The number of likely N-dealkylation sites (tertiary alicyclic amines) is 1. The van der Waals surface area contributed by atoms with Gasteiger partial charge in [-0.15, -0.1) is 0 Å². The maximum Gasteiger partial charge on any atom is 0.229 e. The van der Waals surface area contributed by atoms with Crippen LogP contribution in [0.15, 0.2) is 66.9 Å². The molecule has 1 N–H and O–H groups in total. The minimum atomic E-state index is -0.270. The molecular weight excluding hydrogens is 346 g/mol. The molecule has 0 saturated carbocycles. The highest BCUT2D eigenvalue weighted by molar-refractivity contribution is 6.01. The van der Waals surface area contributed by atoms with Gasteiger partial charge in [0.05, 0.1) is 17.1 Å². The Morgan fingerprint density at radius 2 is 1.82 bits per heavy atom. The molecule has 2 aromatic carbocycles. The summed E-state index contributed by atoms with van der Waals surface area (Å²) in [6.45, 7) is 7.99. The van der Waals surface area contributed by atoms with Gasteiger partial charge in [-0.3, -0.25) is 14.7 Å². The van der Waals surface area contributed by atoms with Crippen LogP contribution < -0.4 is 5.31 Å². The molecule has 0 radical (unpaired) electrons. The van der Waals surface area contributed by atoms with E-state index in [-0.39, 0.29) is 23.3 Å². The number of amides is 1. The first-order chi connectivity index (χ1) is 13.9. The zero-order valence-corrected chi connectivity index (χ0v) is 16.7. The van der Waals surface area contributed by atoms with Crippen LogP contribution in [-0.4, -0.2) is 34.4 Å². The van der Waals surface area contributed by atoms with E-state index in [1.54, 1.807) is 12.3 Å². The van der Waals surface area contributed by atoms with E-state index in [4.69, 9.17) is 1.41 Å². The van der Waals surface area contributed by atoms with Gasteiger partial charge in [0.2, 0.25) is 5.91 Å². The maximum absolute atomic E-state index is 13.5. The maximum atomic E-state index is 13.5. The SMILES string of the molecule is [2H]N(C(=O)[C@H]1CN(C(C)(C)C)C[C@H]1c1ccccc1)c1cccc2cccnc12. The molecule has 4 rings (SSSR count). The first kappa shape index (κ1) is 17.4. The monoisotopic (exact) mass is 374 g/mol. The Hall–Kier alpha value is -2.72. The number of hydrogen-bond donors (Lipinski definition) is 1. The van der Waals surface area contributed by atoms with Crippen LogP contribution in [0.25, 0.3) is 10.9 Å². The molecule has 1 fully saturated rings. The number of nitrogens with one attached hydrogen (secondary N) is 1. The van der Waals surface area contributed by atoms with Gasteiger partial charge in [-0.2, -0.15) is 0 Å². The van der Waals surface area contributed by atoms with Gasteiger partial charge < -0.3 is 5.31 Å². The van der Waals surface area contributed by atoms with Crippen molar-refractivity contribution in [2.75, 3.05) is 18.4 Å². The summed E-state index contributed by atoms with van der Waals surface area (Å²) in [5.41, 5.74) is 2.34. The standard InChI is InChI=1S/C24H27N3O/c1-24(2,3)27-15-19(17-9-5-4-6-10-17)20(16-27)23(28)26-21-13-7-11-18-12-8-14-25-22(18)21/h4-14,19-20H,15-16H2,1-3H3,(H,26,28)/t19-,20-/m0/s1/i/hD. The average molecular weight is 375 g/mol. The van der Waals surface area contributed by atoms with Crippen LogP contribution in [0.5, 0.6) is 0 Å². The molecule has 28 heavy (non-hydrogen) atoms. The van der Waals surface area contributed by atoms with E-state index < -0.39 is 0 Å². The molecule has 144 valence electrons. The Kier molecular flexibility index (Phi) is 4.57. The molecule has 0 spiro atoms. The van der Waals surface area contributed by atoms with Gasteiger partial charge in [0.15, 0.2) is 1.41 Å². The smallest absolute Gasteiger partial charge is 0.229 e. The third kappa shape index (κ3) is 3.65. The van der Waals surface area contributed by atoms with Crippen molar-refractivity contribution in [1.82, 2.24) is 9.88 Å². The Morgan fingerprint density at radius 1 is 1.07 bits per heavy atom. The minimum Gasteiger partial charge on any atom is -0.324 e. The summed E-state index contributed by atoms with van der Waals surface area (Å²) in [6.07, 6.45) is 1.70. The van der Waals surface area contributed by atoms with Gasteiger partial charge in [0.1, 0.15) is 0 Å². The van der Waals surface area contributed by atoms with Gasteiger partial charge in [-0.1, -0.05) is 48.5 Å². The van der Waals surface area contributed by atoms with Gasteiger partial charge in [0.25, 0.3) is 0 Å².